The Bertz CT molecular complexity index is 1920. The summed E-state index contributed by atoms with van der Waals surface area (Å²) in [5.41, 5.74) is 2.10. The fraction of sp³-hybridized carbons (Fsp3) is 0.171. The Morgan fingerprint density at radius 2 is 0.902 bits per heavy atom. The van der Waals surface area contributed by atoms with Gasteiger partial charge in [-0.3, -0.25) is 0 Å². The summed E-state index contributed by atoms with van der Waals surface area (Å²) in [5.74, 6) is -2.77. The van der Waals surface area contributed by atoms with Gasteiger partial charge in [0.1, 0.15) is 0 Å². The Morgan fingerprint density at radius 3 is 1.35 bits per heavy atom. The van der Waals surface area contributed by atoms with E-state index >= 15 is 0 Å². The van der Waals surface area contributed by atoms with Crippen LogP contribution in [0.15, 0.2) is 146 Å². The van der Waals surface area contributed by atoms with Gasteiger partial charge in [0.15, 0.2) is 0 Å². The van der Waals surface area contributed by atoms with Crippen LogP contribution in [-0.4, -0.2) is 74.9 Å². The van der Waals surface area contributed by atoms with Crippen LogP contribution in [0.5, 0.6) is 0 Å². The first kappa shape index (κ1) is 35.3. The number of carbonyl (C=O) groups excluding carboxylic acids is 4. The van der Waals surface area contributed by atoms with E-state index < -0.39 is 68.3 Å². The number of ether oxygens (including phenoxy) is 5. The monoisotopic (exact) mass is 750 g/mol. The van der Waals surface area contributed by atoms with Gasteiger partial charge in [-0.2, -0.15) is 0 Å². The maximum absolute atomic E-state index is 13.8. The summed E-state index contributed by atoms with van der Waals surface area (Å²) >= 11 is -0.539. The molecule has 9 nitrogen and oxygen atoms in total. The minimum atomic E-state index is -1.37. The number of esters is 4. The van der Waals surface area contributed by atoms with Crippen molar-refractivity contribution in [2.24, 2.45) is 0 Å². The molecule has 1 saturated heterocycles. The molecule has 1 heterocycles. The van der Waals surface area contributed by atoms with E-state index in [2.05, 4.69) is 0 Å². The quantitative estimate of drug-likeness (QED) is 0.0970. The molecular weight excluding hydrogens is 715 g/mol. The van der Waals surface area contributed by atoms with Gasteiger partial charge in [0.2, 0.25) is 0 Å². The van der Waals surface area contributed by atoms with Crippen LogP contribution in [0.25, 0.3) is 0 Å². The van der Waals surface area contributed by atoms with E-state index in [9.17, 15) is 19.2 Å². The van der Waals surface area contributed by atoms with Gasteiger partial charge in [-0.05, 0) is 0 Å². The molecular formula is C41H34O9Se. The average Bonchev–Trinajstić information content (AvgIpc) is 3.18. The zero-order valence-corrected chi connectivity index (χ0v) is 29.2. The number of benzene rings is 5. The molecule has 0 bridgehead atoms. The summed E-state index contributed by atoms with van der Waals surface area (Å²) in [5, 5.41) is -0.867. The third kappa shape index (κ3) is 9.18. The number of rotatable bonds is 11. The molecule has 258 valence electrons. The first-order valence-corrected chi connectivity index (χ1v) is 18.1. The van der Waals surface area contributed by atoms with Crippen molar-refractivity contribution in [1.82, 2.24) is 0 Å². The maximum atomic E-state index is 13.8. The fourth-order valence-corrected chi connectivity index (χ4v) is 7.69. The molecule has 1 aliphatic rings. The minimum absolute atomic E-state index is 0.231. The van der Waals surface area contributed by atoms with Gasteiger partial charge in [0, 0.05) is 0 Å². The van der Waals surface area contributed by atoms with Crippen molar-refractivity contribution in [3.8, 4) is 0 Å². The van der Waals surface area contributed by atoms with Gasteiger partial charge in [0.05, 0.1) is 0 Å². The molecule has 0 aromatic heterocycles. The molecule has 0 spiro atoms. The molecule has 10 heteroatoms. The SMILES string of the molecule is Cc1ccc([Se][C@@H]2O[C@H](COC(=O)c3ccccc3)[C@@H](OC(=O)c3ccccc3)[C@H](OC(=O)c3ccccc3)[C@H]2OC(=O)c2ccccc2)cc1. The second kappa shape index (κ2) is 16.9. The van der Waals surface area contributed by atoms with Gasteiger partial charge in [-0.25, -0.2) is 0 Å². The molecule has 1 fully saturated rings. The molecule has 0 saturated carbocycles. The Kier molecular flexibility index (Phi) is 11.7. The van der Waals surface area contributed by atoms with Crippen LogP contribution in [0.4, 0.5) is 0 Å². The van der Waals surface area contributed by atoms with E-state index in [4.69, 9.17) is 23.7 Å². The van der Waals surface area contributed by atoms with Crippen LogP contribution in [0.2, 0.25) is 0 Å². The molecule has 0 N–H and O–H groups in total. The predicted octanol–water partition coefficient (Wildman–Crippen LogP) is 5.58. The van der Waals surface area contributed by atoms with Crippen molar-refractivity contribution in [3.63, 3.8) is 0 Å². The third-order valence-electron chi connectivity index (χ3n) is 8.01. The molecule has 0 radical (unpaired) electrons. The molecule has 0 aliphatic carbocycles. The third-order valence-corrected chi connectivity index (χ3v) is 10.4. The Labute approximate surface area is 301 Å². The van der Waals surface area contributed by atoms with Gasteiger partial charge >= 0.3 is 303 Å². The van der Waals surface area contributed by atoms with Crippen LogP contribution in [0.3, 0.4) is 0 Å². The molecule has 0 amide bonds. The van der Waals surface area contributed by atoms with Crippen molar-refractivity contribution in [2.75, 3.05) is 6.61 Å². The van der Waals surface area contributed by atoms with Crippen molar-refractivity contribution in [2.45, 2.75) is 36.3 Å². The first-order chi connectivity index (χ1) is 24.9. The van der Waals surface area contributed by atoms with Crippen molar-refractivity contribution < 1.29 is 42.9 Å². The van der Waals surface area contributed by atoms with E-state index in [1.807, 2.05) is 31.2 Å². The fourth-order valence-electron chi connectivity index (χ4n) is 5.37. The average molecular weight is 750 g/mol. The Morgan fingerprint density at radius 1 is 0.510 bits per heavy atom. The van der Waals surface area contributed by atoms with Gasteiger partial charge < -0.3 is 0 Å². The molecule has 5 aromatic rings. The number of carbonyl (C=O) groups is 4. The summed E-state index contributed by atoms with van der Waals surface area (Å²) in [4.78, 5) is 54.2. The number of aryl methyl sites for hydroxylation is 1. The molecule has 0 unspecified atom stereocenters. The van der Waals surface area contributed by atoms with Gasteiger partial charge in [-0.1, -0.05) is 0 Å². The van der Waals surface area contributed by atoms with Crippen LogP contribution >= 0.6 is 0 Å². The predicted molar refractivity (Wildman–Crippen MR) is 189 cm³/mol. The van der Waals surface area contributed by atoms with Crippen LogP contribution < -0.4 is 4.46 Å². The topological polar surface area (TPSA) is 114 Å². The standard InChI is InChI=1S/C41H34O9Se/c1-27-22-24-32(25-23-27)51-41-36(50-40(45)31-20-12-5-13-21-31)35(49-39(44)30-18-10-4-11-19-30)34(48-38(43)29-16-8-3-9-17-29)33(47-41)26-46-37(42)28-14-6-2-7-15-28/h2-25,33-36,41H,26H2,1H3/t33-,34-,35+,36-,41+/m1/s1. The summed E-state index contributed by atoms with van der Waals surface area (Å²) in [7, 11) is 0. The van der Waals surface area contributed by atoms with Crippen molar-refractivity contribution >= 4 is 43.3 Å². The normalized spacial score (nSPS) is 19.7. The van der Waals surface area contributed by atoms with Gasteiger partial charge in [-0.15, -0.1) is 0 Å². The first-order valence-electron chi connectivity index (χ1n) is 16.2. The Balaban J connectivity index is 1.41. The second-order valence-electron chi connectivity index (χ2n) is 11.6. The molecule has 1 aliphatic heterocycles. The molecule has 6 rings (SSSR count). The van der Waals surface area contributed by atoms with E-state index in [0.717, 1.165) is 10.0 Å². The second-order valence-corrected chi connectivity index (χ2v) is 14.1. The van der Waals surface area contributed by atoms with Crippen LogP contribution in [-0.2, 0) is 23.7 Å². The van der Waals surface area contributed by atoms with Crippen LogP contribution in [0, 0.1) is 6.92 Å². The Hall–Kier alpha value is -5.54. The van der Waals surface area contributed by atoms with Gasteiger partial charge in [0.25, 0.3) is 0 Å². The summed E-state index contributed by atoms with van der Waals surface area (Å²) in [6, 6.07) is 41.3. The molecule has 5 aromatic carbocycles. The van der Waals surface area contributed by atoms with E-state index in [-0.39, 0.29) is 23.3 Å². The molecule has 51 heavy (non-hydrogen) atoms. The van der Waals surface area contributed by atoms with E-state index in [1.54, 1.807) is 121 Å². The summed E-state index contributed by atoms with van der Waals surface area (Å²) in [6.45, 7) is 1.61. The summed E-state index contributed by atoms with van der Waals surface area (Å²) in [6.07, 6.45) is -5.10. The van der Waals surface area contributed by atoms with E-state index in [1.165, 1.54) is 0 Å². The summed E-state index contributed by atoms with van der Waals surface area (Å²) < 4.78 is 31.7. The zero-order chi connectivity index (χ0) is 35.6. The number of hydrogen-bond donors (Lipinski definition) is 0. The van der Waals surface area contributed by atoms with E-state index in [0.29, 0.717) is 5.56 Å². The number of hydrogen-bond acceptors (Lipinski definition) is 9. The zero-order valence-electron chi connectivity index (χ0n) is 27.5. The van der Waals surface area contributed by atoms with Crippen LogP contribution in [0.1, 0.15) is 47.0 Å². The molecule has 5 atom stereocenters. The van der Waals surface area contributed by atoms with Crippen molar-refractivity contribution in [1.29, 1.82) is 0 Å². The van der Waals surface area contributed by atoms with Crippen molar-refractivity contribution in [3.05, 3.63) is 173 Å².